The molecule has 2 aromatic rings. The van der Waals surface area contributed by atoms with Crippen LogP contribution in [0.15, 0.2) is 40.1 Å². The second-order valence-electron chi connectivity index (χ2n) is 4.21. The molecule has 0 saturated carbocycles. The summed E-state index contributed by atoms with van der Waals surface area (Å²) in [5.74, 6) is -0.647. The predicted molar refractivity (Wildman–Crippen MR) is 71.4 cm³/mol. The van der Waals surface area contributed by atoms with Crippen LogP contribution in [0, 0.1) is 5.82 Å². The molecular weight excluding hydrogens is 287 g/mol. The highest BCUT2D eigenvalue weighted by molar-refractivity contribution is 6.30. The molecule has 1 heterocycles. The van der Waals surface area contributed by atoms with Gasteiger partial charge in [-0.05, 0) is 17.7 Å². The molecule has 0 aliphatic rings. The quantitative estimate of drug-likeness (QED) is 0.919. The van der Waals surface area contributed by atoms with Crippen LogP contribution in [0.1, 0.15) is 5.56 Å². The summed E-state index contributed by atoms with van der Waals surface area (Å²) in [5, 5.41) is -0.167. The topological polar surface area (TPSA) is 71.9 Å². The maximum absolute atomic E-state index is 12.7. The van der Waals surface area contributed by atoms with Gasteiger partial charge < -0.3 is 0 Å². The zero-order valence-corrected chi connectivity index (χ0v) is 11.0. The number of ketones is 1. The van der Waals surface area contributed by atoms with Crippen molar-refractivity contribution in [1.82, 2.24) is 9.55 Å². The summed E-state index contributed by atoms with van der Waals surface area (Å²) in [6.07, 6.45) is 1.18. The number of halogens is 2. The van der Waals surface area contributed by atoms with Gasteiger partial charge in [-0.25, -0.2) is 9.18 Å². The number of carbonyl (C=O) groups is 1. The van der Waals surface area contributed by atoms with Crippen LogP contribution in [0.4, 0.5) is 4.39 Å². The van der Waals surface area contributed by atoms with Crippen molar-refractivity contribution in [3.63, 3.8) is 0 Å². The molecule has 0 bridgehead atoms. The molecule has 20 heavy (non-hydrogen) atoms. The molecule has 0 saturated heterocycles. The SMILES string of the molecule is O=C(Cc1ccc(F)cc1)Cn1cc(Cl)c(=O)[nH]c1=O. The second kappa shape index (κ2) is 5.83. The van der Waals surface area contributed by atoms with E-state index in [2.05, 4.69) is 0 Å². The Hall–Kier alpha value is -2.21. The van der Waals surface area contributed by atoms with Gasteiger partial charge in [0, 0.05) is 12.6 Å². The zero-order chi connectivity index (χ0) is 14.7. The molecule has 0 aliphatic heterocycles. The minimum absolute atomic E-state index is 0.0590. The number of hydrogen-bond donors (Lipinski definition) is 1. The zero-order valence-electron chi connectivity index (χ0n) is 10.2. The summed E-state index contributed by atoms with van der Waals surface area (Å²) in [6.45, 7) is -0.216. The Labute approximate surface area is 117 Å². The lowest BCUT2D eigenvalue weighted by Gasteiger charge is -2.05. The van der Waals surface area contributed by atoms with Gasteiger partial charge in [-0.15, -0.1) is 0 Å². The molecule has 1 aromatic heterocycles. The largest absolute Gasteiger partial charge is 0.328 e. The van der Waals surface area contributed by atoms with E-state index < -0.39 is 11.2 Å². The molecule has 0 aliphatic carbocycles. The van der Waals surface area contributed by atoms with Crippen LogP contribution in [0.25, 0.3) is 0 Å². The van der Waals surface area contributed by atoms with Crippen LogP contribution in [0.5, 0.6) is 0 Å². The van der Waals surface area contributed by atoms with E-state index in [9.17, 15) is 18.8 Å². The third kappa shape index (κ3) is 3.42. The summed E-state index contributed by atoms with van der Waals surface area (Å²) in [4.78, 5) is 36.4. The van der Waals surface area contributed by atoms with Crippen LogP contribution >= 0.6 is 11.6 Å². The van der Waals surface area contributed by atoms with E-state index in [0.717, 1.165) is 10.8 Å². The number of carbonyl (C=O) groups excluding carboxylic acids is 1. The average Bonchev–Trinajstić information content (AvgIpc) is 2.39. The lowest BCUT2D eigenvalue weighted by atomic mass is 10.1. The Bertz CT molecular complexity index is 749. The number of H-pyrrole nitrogens is 1. The highest BCUT2D eigenvalue weighted by atomic mass is 35.5. The van der Waals surface area contributed by atoms with Crippen LogP contribution in [0.3, 0.4) is 0 Å². The predicted octanol–water partition coefficient (Wildman–Crippen LogP) is 1.14. The second-order valence-corrected chi connectivity index (χ2v) is 4.61. The molecule has 0 amide bonds. The van der Waals surface area contributed by atoms with Crippen LogP contribution in [-0.4, -0.2) is 15.3 Å². The Kier molecular flexibility index (Phi) is 4.14. The smallest absolute Gasteiger partial charge is 0.297 e. The fourth-order valence-corrected chi connectivity index (χ4v) is 1.84. The lowest BCUT2D eigenvalue weighted by Crippen LogP contribution is -2.32. The van der Waals surface area contributed by atoms with E-state index in [1.807, 2.05) is 4.98 Å². The first-order valence-electron chi connectivity index (χ1n) is 5.71. The molecule has 5 nitrogen and oxygen atoms in total. The molecule has 0 fully saturated rings. The third-order valence-electron chi connectivity index (χ3n) is 2.63. The number of hydrogen-bond acceptors (Lipinski definition) is 3. The number of Topliss-reactive ketones (excluding diaryl/α,β-unsaturated/α-hetero) is 1. The van der Waals surface area contributed by atoms with E-state index in [1.54, 1.807) is 0 Å². The van der Waals surface area contributed by atoms with E-state index >= 15 is 0 Å². The Morgan fingerprint density at radius 2 is 1.90 bits per heavy atom. The fraction of sp³-hybridized carbons (Fsp3) is 0.154. The maximum atomic E-state index is 12.7. The normalized spacial score (nSPS) is 10.5. The monoisotopic (exact) mass is 296 g/mol. The summed E-state index contributed by atoms with van der Waals surface area (Å²) < 4.78 is 13.8. The van der Waals surface area contributed by atoms with Crippen molar-refractivity contribution in [1.29, 1.82) is 0 Å². The molecule has 7 heteroatoms. The van der Waals surface area contributed by atoms with Crippen molar-refractivity contribution in [3.8, 4) is 0 Å². The highest BCUT2D eigenvalue weighted by Gasteiger charge is 2.08. The van der Waals surface area contributed by atoms with Crippen LogP contribution in [-0.2, 0) is 17.8 Å². The van der Waals surface area contributed by atoms with Crippen molar-refractivity contribution >= 4 is 17.4 Å². The minimum Gasteiger partial charge on any atom is -0.297 e. The minimum atomic E-state index is -0.702. The van der Waals surface area contributed by atoms with Crippen molar-refractivity contribution in [2.75, 3.05) is 0 Å². The van der Waals surface area contributed by atoms with Crippen molar-refractivity contribution in [2.45, 2.75) is 13.0 Å². The van der Waals surface area contributed by atoms with Crippen molar-refractivity contribution in [3.05, 3.63) is 67.7 Å². The first-order chi connectivity index (χ1) is 9.45. The molecule has 2 rings (SSSR count). The van der Waals surface area contributed by atoms with E-state index in [-0.39, 0.29) is 29.6 Å². The summed E-state index contributed by atoms with van der Waals surface area (Å²) in [5.41, 5.74) is -0.759. The molecule has 1 N–H and O–H groups in total. The summed E-state index contributed by atoms with van der Waals surface area (Å²) in [7, 11) is 0. The van der Waals surface area contributed by atoms with Crippen molar-refractivity contribution < 1.29 is 9.18 Å². The summed E-state index contributed by atoms with van der Waals surface area (Å²) in [6, 6.07) is 5.50. The van der Waals surface area contributed by atoms with Crippen LogP contribution in [0.2, 0.25) is 5.02 Å². The molecule has 0 unspecified atom stereocenters. The molecular formula is C13H10ClFN2O3. The Morgan fingerprint density at radius 3 is 2.55 bits per heavy atom. The van der Waals surface area contributed by atoms with Crippen LogP contribution < -0.4 is 11.2 Å². The number of nitrogens with one attached hydrogen (secondary N) is 1. The molecule has 0 radical (unpaired) electrons. The van der Waals surface area contributed by atoms with E-state index in [0.29, 0.717) is 5.56 Å². The number of aromatic nitrogens is 2. The lowest BCUT2D eigenvalue weighted by molar-refractivity contribution is -0.119. The maximum Gasteiger partial charge on any atom is 0.328 e. The van der Waals surface area contributed by atoms with Gasteiger partial charge in [0.05, 0.1) is 6.54 Å². The van der Waals surface area contributed by atoms with Gasteiger partial charge in [-0.3, -0.25) is 19.1 Å². The van der Waals surface area contributed by atoms with E-state index in [1.165, 1.54) is 24.3 Å². The van der Waals surface area contributed by atoms with Gasteiger partial charge in [-0.2, -0.15) is 0 Å². The van der Waals surface area contributed by atoms with Gasteiger partial charge in [-0.1, -0.05) is 23.7 Å². The molecule has 1 aromatic carbocycles. The standard InChI is InChI=1S/C13H10ClFN2O3/c14-11-7-17(13(20)16-12(11)19)6-10(18)5-8-1-3-9(15)4-2-8/h1-4,7H,5-6H2,(H,16,19,20). The number of benzene rings is 1. The van der Waals surface area contributed by atoms with Crippen molar-refractivity contribution in [2.24, 2.45) is 0 Å². The van der Waals surface area contributed by atoms with Gasteiger partial charge >= 0.3 is 5.69 Å². The summed E-state index contributed by atoms with van der Waals surface area (Å²) >= 11 is 5.59. The number of aromatic amines is 1. The highest BCUT2D eigenvalue weighted by Crippen LogP contribution is 2.05. The van der Waals surface area contributed by atoms with Gasteiger partial charge in [0.25, 0.3) is 5.56 Å². The first kappa shape index (κ1) is 14.2. The van der Waals surface area contributed by atoms with Gasteiger partial charge in [0.15, 0.2) is 5.78 Å². The molecule has 104 valence electrons. The Morgan fingerprint density at radius 1 is 1.25 bits per heavy atom. The van der Waals surface area contributed by atoms with Gasteiger partial charge in [0.1, 0.15) is 10.8 Å². The van der Waals surface area contributed by atoms with E-state index in [4.69, 9.17) is 11.6 Å². The number of rotatable bonds is 4. The fourth-order valence-electron chi connectivity index (χ4n) is 1.68. The third-order valence-corrected chi connectivity index (χ3v) is 2.90. The number of nitrogens with zero attached hydrogens (tertiary/aromatic N) is 1. The van der Waals surface area contributed by atoms with Gasteiger partial charge in [0.2, 0.25) is 0 Å². The average molecular weight is 297 g/mol. The first-order valence-corrected chi connectivity index (χ1v) is 6.09. The molecule has 0 spiro atoms. The molecule has 0 atom stereocenters. The Balaban J connectivity index is 2.12.